The second-order valence-corrected chi connectivity index (χ2v) is 6.22. The number of hydrogen-bond donors (Lipinski definition) is 1. The van der Waals surface area contributed by atoms with Crippen LogP contribution in [0.15, 0.2) is 35.3 Å². The highest BCUT2D eigenvalue weighted by molar-refractivity contribution is 6.08. The predicted octanol–water partition coefficient (Wildman–Crippen LogP) is 2.36. The molecule has 3 rings (SSSR count). The maximum Gasteiger partial charge on any atom is 0.291 e. The molecular formula is C18H22N4O2. The molecule has 0 saturated carbocycles. The molecule has 3 aromatic rings. The van der Waals surface area contributed by atoms with Gasteiger partial charge < -0.3 is 9.88 Å². The second-order valence-electron chi connectivity index (χ2n) is 6.22. The molecule has 2 atom stereocenters. The topological polar surface area (TPSA) is 68.9 Å². The minimum atomic E-state index is -0.489. The lowest BCUT2D eigenvalue weighted by atomic mass is 10.2. The van der Waals surface area contributed by atoms with E-state index in [0.717, 1.165) is 22.7 Å². The van der Waals surface area contributed by atoms with Gasteiger partial charge in [0.25, 0.3) is 5.56 Å². The Morgan fingerprint density at radius 2 is 1.96 bits per heavy atom. The van der Waals surface area contributed by atoms with Crippen molar-refractivity contribution in [2.24, 2.45) is 7.05 Å². The average Bonchev–Trinajstić information content (AvgIpc) is 2.92. The van der Waals surface area contributed by atoms with E-state index in [1.165, 1.54) is 4.68 Å². The molecule has 0 spiro atoms. The minimum absolute atomic E-state index is 0.0918. The summed E-state index contributed by atoms with van der Waals surface area (Å²) in [5.41, 5.74) is 1.18. The van der Waals surface area contributed by atoms with Crippen LogP contribution in [-0.2, 0) is 11.8 Å². The van der Waals surface area contributed by atoms with E-state index in [-0.39, 0.29) is 17.5 Å². The molecule has 1 N–H and O–H groups in total. The second kappa shape index (κ2) is 6.11. The smallest absolute Gasteiger partial charge is 0.291 e. The largest absolute Gasteiger partial charge is 0.352 e. The summed E-state index contributed by atoms with van der Waals surface area (Å²) in [5.74, 6) is -0.0918. The fourth-order valence-corrected chi connectivity index (χ4v) is 2.97. The molecule has 0 aliphatic carbocycles. The van der Waals surface area contributed by atoms with Crippen LogP contribution in [0.5, 0.6) is 0 Å². The van der Waals surface area contributed by atoms with Gasteiger partial charge in [0, 0.05) is 23.9 Å². The van der Waals surface area contributed by atoms with Crippen molar-refractivity contribution in [1.82, 2.24) is 19.7 Å². The van der Waals surface area contributed by atoms with Gasteiger partial charge in [0.2, 0.25) is 5.91 Å². The van der Waals surface area contributed by atoms with Crippen LogP contribution in [0.25, 0.3) is 21.8 Å². The lowest BCUT2D eigenvalue weighted by molar-refractivity contribution is -0.124. The summed E-state index contributed by atoms with van der Waals surface area (Å²) in [7, 11) is 1.62. The number of amides is 1. The Hall–Kier alpha value is -2.63. The van der Waals surface area contributed by atoms with Gasteiger partial charge in [-0.2, -0.15) is 5.10 Å². The van der Waals surface area contributed by atoms with E-state index in [4.69, 9.17) is 0 Å². The zero-order chi connectivity index (χ0) is 17.4. The monoisotopic (exact) mass is 326 g/mol. The lowest BCUT2D eigenvalue weighted by Gasteiger charge is -2.19. The van der Waals surface area contributed by atoms with Gasteiger partial charge in [-0.05, 0) is 26.3 Å². The van der Waals surface area contributed by atoms with Crippen molar-refractivity contribution < 1.29 is 4.79 Å². The highest BCUT2D eigenvalue weighted by atomic mass is 16.2. The number of rotatable bonds is 4. The Labute approximate surface area is 140 Å². The quantitative estimate of drug-likeness (QED) is 0.800. The zero-order valence-corrected chi connectivity index (χ0v) is 14.4. The Morgan fingerprint density at radius 3 is 2.67 bits per heavy atom. The summed E-state index contributed by atoms with van der Waals surface area (Å²) in [6, 6.07) is 7.33. The maximum absolute atomic E-state index is 12.7. The first-order chi connectivity index (χ1) is 11.5. The molecule has 1 amide bonds. The van der Waals surface area contributed by atoms with Crippen LogP contribution in [0.2, 0.25) is 0 Å². The molecule has 0 fully saturated rings. The van der Waals surface area contributed by atoms with Gasteiger partial charge in [0.05, 0.1) is 11.7 Å². The summed E-state index contributed by atoms with van der Waals surface area (Å²) in [6.45, 7) is 5.82. The highest BCUT2D eigenvalue weighted by Gasteiger charge is 2.23. The fraction of sp³-hybridized carbons (Fsp3) is 0.389. The molecule has 0 saturated heterocycles. The van der Waals surface area contributed by atoms with Crippen molar-refractivity contribution in [3.05, 3.63) is 40.8 Å². The summed E-state index contributed by atoms with van der Waals surface area (Å²) in [6.07, 6.45) is 2.55. The summed E-state index contributed by atoms with van der Waals surface area (Å²) in [5, 5.41) is 8.83. The van der Waals surface area contributed by atoms with Gasteiger partial charge in [-0.1, -0.05) is 25.1 Å². The van der Waals surface area contributed by atoms with Gasteiger partial charge >= 0.3 is 0 Å². The van der Waals surface area contributed by atoms with Crippen LogP contribution < -0.4 is 10.9 Å². The predicted molar refractivity (Wildman–Crippen MR) is 95.1 cm³/mol. The number of aryl methyl sites for hydroxylation is 1. The number of benzene rings is 1. The number of nitrogens with zero attached hydrogens (tertiary/aromatic N) is 3. The molecule has 0 aliphatic heterocycles. The Kier molecular flexibility index (Phi) is 4.13. The van der Waals surface area contributed by atoms with Crippen LogP contribution in [-0.4, -0.2) is 26.3 Å². The van der Waals surface area contributed by atoms with Crippen molar-refractivity contribution >= 4 is 27.7 Å². The number of nitrogens with one attached hydrogen (secondary N) is 1. The summed E-state index contributed by atoms with van der Waals surface area (Å²) in [4.78, 5) is 25.3. The van der Waals surface area contributed by atoms with E-state index < -0.39 is 6.04 Å². The maximum atomic E-state index is 12.7. The highest BCUT2D eigenvalue weighted by Crippen LogP contribution is 2.29. The lowest BCUT2D eigenvalue weighted by Crippen LogP contribution is -2.37. The van der Waals surface area contributed by atoms with E-state index in [1.807, 2.05) is 49.6 Å². The third-order valence-electron chi connectivity index (χ3n) is 4.57. The molecule has 24 heavy (non-hydrogen) atoms. The molecule has 2 unspecified atom stereocenters. The minimum Gasteiger partial charge on any atom is -0.352 e. The van der Waals surface area contributed by atoms with Crippen LogP contribution >= 0.6 is 0 Å². The molecule has 0 radical (unpaired) electrons. The Bertz CT molecular complexity index is 970. The summed E-state index contributed by atoms with van der Waals surface area (Å²) >= 11 is 0. The van der Waals surface area contributed by atoms with Gasteiger partial charge in [0.15, 0.2) is 0 Å². The van der Waals surface area contributed by atoms with Gasteiger partial charge in [-0.15, -0.1) is 0 Å². The van der Waals surface area contributed by atoms with Crippen LogP contribution in [0, 0.1) is 0 Å². The SMILES string of the molecule is CCC(C)NC(=O)C(C)n1c2ccccc2c2cnn(C)c(=O)c21. The molecule has 6 heteroatoms. The molecule has 2 heterocycles. The molecule has 0 aliphatic rings. The van der Waals surface area contributed by atoms with Crippen molar-refractivity contribution in [1.29, 1.82) is 0 Å². The molecule has 6 nitrogen and oxygen atoms in total. The van der Waals surface area contributed by atoms with Gasteiger partial charge in [-0.25, -0.2) is 4.68 Å². The van der Waals surface area contributed by atoms with E-state index in [0.29, 0.717) is 5.52 Å². The van der Waals surface area contributed by atoms with Crippen molar-refractivity contribution in [3.8, 4) is 0 Å². The van der Waals surface area contributed by atoms with E-state index in [9.17, 15) is 9.59 Å². The summed E-state index contributed by atoms with van der Waals surface area (Å²) < 4.78 is 3.13. The standard InChI is InChI=1S/C18H22N4O2/c1-5-11(2)20-17(23)12(3)22-15-9-7-6-8-13(15)14-10-19-21(4)18(24)16(14)22/h6-12H,5H2,1-4H3,(H,20,23). The van der Waals surface area contributed by atoms with Gasteiger partial charge in [-0.3, -0.25) is 9.59 Å². The Morgan fingerprint density at radius 1 is 1.25 bits per heavy atom. The van der Waals surface area contributed by atoms with Crippen LogP contribution in [0.1, 0.15) is 33.2 Å². The van der Waals surface area contributed by atoms with Crippen molar-refractivity contribution in [2.45, 2.75) is 39.3 Å². The first-order valence-corrected chi connectivity index (χ1v) is 8.21. The number of carbonyl (C=O) groups is 1. The molecule has 126 valence electrons. The third kappa shape index (κ3) is 2.48. The Balaban J connectivity index is 2.27. The van der Waals surface area contributed by atoms with Crippen molar-refractivity contribution in [3.63, 3.8) is 0 Å². The van der Waals surface area contributed by atoms with Crippen LogP contribution in [0.3, 0.4) is 0 Å². The van der Waals surface area contributed by atoms with E-state index in [1.54, 1.807) is 13.2 Å². The molecule has 0 bridgehead atoms. The molecule has 1 aromatic carbocycles. The zero-order valence-electron chi connectivity index (χ0n) is 14.4. The first-order valence-electron chi connectivity index (χ1n) is 8.21. The number of fused-ring (bicyclic) bond motifs is 3. The van der Waals surface area contributed by atoms with E-state index in [2.05, 4.69) is 10.4 Å². The number of aromatic nitrogens is 3. The van der Waals surface area contributed by atoms with Gasteiger partial charge in [0.1, 0.15) is 11.6 Å². The first kappa shape index (κ1) is 16.2. The average molecular weight is 326 g/mol. The molecular weight excluding hydrogens is 304 g/mol. The van der Waals surface area contributed by atoms with Crippen molar-refractivity contribution in [2.75, 3.05) is 0 Å². The third-order valence-corrected chi connectivity index (χ3v) is 4.57. The number of para-hydroxylation sites is 1. The fourth-order valence-electron chi connectivity index (χ4n) is 2.97. The van der Waals surface area contributed by atoms with Crippen LogP contribution in [0.4, 0.5) is 0 Å². The molecule has 2 aromatic heterocycles. The normalized spacial score (nSPS) is 14.0. The number of hydrogen-bond acceptors (Lipinski definition) is 3. The number of carbonyl (C=O) groups excluding carboxylic acids is 1. The van der Waals surface area contributed by atoms with E-state index >= 15 is 0 Å².